The van der Waals surface area contributed by atoms with Gasteiger partial charge < -0.3 is 4.42 Å². The molecule has 218 valence electrons. The molecule has 4 nitrogen and oxygen atoms in total. The van der Waals surface area contributed by atoms with Crippen molar-refractivity contribution in [2.45, 2.75) is 0 Å². The molecule has 2 aromatic heterocycles. The zero-order valence-electron chi connectivity index (χ0n) is 25.2. The van der Waals surface area contributed by atoms with Crippen LogP contribution in [0.15, 0.2) is 156 Å². The molecule has 0 aliphatic rings. The average Bonchev–Trinajstić information content (AvgIpc) is 3.53. The minimum absolute atomic E-state index is 0.635. The van der Waals surface area contributed by atoms with Crippen molar-refractivity contribution in [1.82, 2.24) is 15.0 Å². The Bertz CT molecular complexity index is 2730. The van der Waals surface area contributed by atoms with E-state index in [1.807, 2.05) is 60.7 Å². The van der Waals surface area contributed by atoms with Crippen LogP contribution < -0.4 is 0 Å². The molecule has 8 aromatic carbocycles. The van der Waals surface area contributed by atoms with Crippen LogP contribution in [-0.2, 0) is 0 Å². The fourth-order valence-corrected chi connectivity index (χ4v) is 7.18. The maximum atomic E-state index is 6.56. The first-order valence-corrected chi connectivity index (χ1v) is 15.8. The lowest BCUT2D eigenvalue weighted by molar-refractivity contribution is 0.670. The van der Waals surface area contributed by atoms with E-state index in [9.17, 15) is 0 Å². The molecule has 47 heavy (non-hydrogen) atoms. The summed E-state index contributed by atoms with van der Waals surface area (Å²) in [5.41, 5.74) is 6.88. The topological polar surface area (TPSA) is 51.8 Å². The van der Waals surface area contributed by atoms with E-state index in [2.05, 4.69) is 91.0 Å². The smallest absolute Gasteiger partial charge is 0.164 e. The molecule has 0 fully saturated rings. The Labute approximate surface area is 270 Å². The molecule has 4 heteroatoms. The molecule has 0 aliphatic carbocycles. The normalized spacial score (nSPS) is 11.8. The lowest BCUT2D eigenvalue weighted by Crippen LogP contribution is -2.00. The highest BCUT2D eigenvalue weighted by atomic mass is 16.3. The number of furan rings is 1. The van der Waals surface area contributed by atoms with Crippen molar-refractivity contribution >= 4 is 54.3 Å². The molecule has 0 atom stereocenters. The number of aromatic nitrogens is 3. The van der Waals surface area contributed by atoms with Crippen LogP contribution in [0.25, 0.3) is 99.5 Å². The van der Waals surface area contributed by atoms with Crippen molar-refractivity contribution in [3.05, 3.63) is 152 Å². The molecular weight excluding hydrogens is 574 g/mol. The van der Waals surface area contributed by atoms with Gasteiger partial charge in [-0.1, -0.05) is 133 Å². The molecule has 0 saturated carbocycles. The monoisotopic (exact) mass is 599 g/mol. The Morgan fingerprint density at radius 2 is 0.830 bits per heavy atom. The molecule has 10 aromatic rings. The van der Waals surface area contributed by atoms with E-state index in [1.54, 1.807) is 0 Å². The fourth-order valence-electron chi connectivity index (χ4n) is 7.18. The summed E-state index contributed by atoms with van der Waals surface area (Å²) in [7, 11) is 0. The molecule has 0 N–H and O–H groups in total. The minimum Gasteiger partial charge on any atom is -0.456 e. The highest BCUT2D eigenvalue weighted by molar-refractivity contribution is 6.38. The lowest BCUT2D eigenvalue weighted by atomic mass is 9.89. The van der Waals surface area contributed by atoms with Crippen molar-refractivity contribution in [3.63, 3.8) is 0 Å². The number of fused-ring (bicyclic) bond motifs is 5. The van der Waals surface area contributed by atoms with Crippen LogP contribution in [0.4, 0.5) is 0 Å². The van der Waals surface area contributed by atoms with Gasteiger partial charge in [0.05, 0.1) is 0 Å². The summed E-state index contributed by atoms with van der Waals surface area (Å²) < 4.78 is 6.56. The van der Waals surface area contributed by atoms with Crippen molar-refractivity contribution < 1.29 is 4.42 Å². The first-order chi connectivity index (χ1) is 23.3. The van der Waals surface area contributed by atoms with Gasteiger partial charge >= 0.3 is 0 Å². The molecule has 0 amide bonds. The molecule has 2 heterocycles. The van der Waals surface area contributed by atoms with Crippen molar-refractivity contribution in [1.29, 1.82) is 0 Å². The Kier molecular flexibility index (Phi) is 5.54. The Morgan fingerprint density at radius 3 is 1.55 bits per heavy atom. The van der Waals surface area contributed by atoms with Gasteiger partial charge in [-0.15, -0.1) is 0 Å². The van der Waals surface area contributed by atoms with Gasteiger partial charge in [-0.05, 0) is 56.3 Å². The average molecular weight is 600 g/mol. The SMILES string of the molecule is c1ccc(-c2nc(-c3ccccc3)nc(-c3cccc(-c4cccc5c4cc4oc6cccc7c8ccccc8c5c4c67)c3)n2)cc1. The van der Waals surface area contributed by atoms with Gasteiger partial charge in [0.25, 0.3) is 0 Å². The molecule has 10 rings (SSSR count). The van der Waals surface area contributed by atoms with Crippen LogP contribution in [-0.4, -0.2) is 15.0 Å². The number of benzene rings is 8. The maximum Gasteiger partial charge on any atom is 0.164 e. The third kappa shape index (κ3) is 3.98. The number of rotatable bonds is 4. The van der Waals surface area contributed by atoms with Crippen LogP contribution in [0.5, 0.6) is 0 Å². The zero-order chi connectivity index (χ0) is 30.9. The second-order valence-electron chi connectivity index (χ2n) is 12.0. The van der Waals surface area contributed by atoms with Crippen LogP contribution in [0.3, 0.4) is 0 Å². The highest BCUT2D eigenvalue weighted by Crippen LogP contribution is 2.47. The second-order valence-corrected chi connectivity index (χ2v) is 12.0. The Hall–Kier alpha value is -6.39. The van der Waals surface area contributed by atoms with Gasteiger partial charge in [0.15, 0.2) is 17.5 Å². The third-order valence-electron chi connectivity index (χ3n) is 9.26. The van der Waals surface area contributed by atoms with E-state index in [4.69, 9.17) is 19.4 Å². The lowest BCUT2D eigenvalue weighted by Gasteiger charge is -2.14. The molecule has 0 unspecified atom stereocenters. The van der Waals surface area contributed by atoms with Gasteiger partial charge in [0.2, 0.25) is 0 Å². The van der Waals surface area contributed by atoms with E-state index < -0.39 is 0 Å². The first kappa shape index (κ1) is 25.9. The van der Waals surface area contributed by atoms with E-state index in [1.165, 1.54) is 37.7 Å². The molecule has 0 spiro atoms. The quantitative estimate of drug-likeness (QED) is 0.189. The van der Waals surface area contributed by atoms with Crippen LogP contribution in [0.1, 0.15) is 0 Å². The summed E-state index contributed by atoms with van der Waals surface area (Å²) in [5, 5.41) is 9.70. The molecule has 0 aliphatic heterocycles. The third-order valence-corrected chi connectivity index (χ3v) is 9.26. The van der Waals surface area contributed by atoms with E-state index in [0.717, 1.165) is 44.4 Å². The number of hydrogen-bond acceptors (Lipinski definition) is 4. The summed E-state index contributed by atoms with van der Waals surface area (Å²) in [4.78, 5) is 14.8. The Morgan fingerprint density at radius 1 is 0.319 bits per heavy atom. The predicted molar refractivity (Wildman–Crippen MR) is 193 cm³/mol. The number of hydrogen-bond donors (Lipinski definition) is 0. The van der Waals surface area contributed by atoms with Gasteiger partial charge in [0, 0.05) is 32.8 Å². The standard InChI is InChI=1S/C43H25N3O/c1-3-12-26(13-4-1)41-44-42(27-14-5-2-6-15-27)46-43(45-41)29-17-9-16-28(24-29)30-20-10-21-34-35(30)25-37-40-38(34)32-19-8-7-18-31(32)33-22-11-23-36(47-37)39(33)40/h1-25H. The Balaban J connectivity index is 1.21. The summed E-state index contributed by atoms with van der Waals surface area (Å²) in [6.45, 7) is 0. The number of nitrogens with zero attached hydrogens (tertiary/aromatic N) is 3. The van der Waals surface area contributed by atoms with Crippen LogP contribution in [0.2, 0.25) is 0 Å². The summed E-state index contributed by atoms with van der Waals surface area (Å²) >= 11 is 0. The van der Waals surface area contributed by atoms with Crippen LogP contribution in [0, 0.1) is 0 Å². The molecule has 0 saturated heterocycles. The second kappa shape index (κ2) is 10.1. The zero-order valence-corrected chi connectivity index (χ0v) is 25.2. The van der Waals surface area contributed by atoms with Gasteiger partial charge in [-0.3, -0.25) is 0 Å². The molecular formula is C43H25N3O. The molecule has 0 bridgehead atoms. The van der Waals surface area contributed by atoms with Crippen molar-refractivity contribution in [2.75, 3.05) is 0 Å². The fraction of sp³-hybridized carbons (Fsp3) is 0. The van der Waals surface area contributed by atoms with Gasteiger partial charge in [-0.25, -0.2) is 15.0 Å². The maximum absolute atomic E-state index is 6.56. The van der Waals surface area contributed by atoms with E-state index in [-0.39, 0.29) is 0 Å². The largest absolute Gasteiger partial charge is 0.456 e. The van der Waals surface area contributed by atoms with Crippen molar-refractivity contribution in [2.24, 2.45) is 0 Å². The van der Waals surface area contributed by atoms with Crippen molar-refractivity contribution in [3.8, 4) is 45.3 Å². The minimum atomic E-state index is 0.635. The van der Waals surface area contributed by atoms with Crippen LogP contribution >= 0.6 is 0 Å². The van der Waals surface area contributed by atoms with E-state index in [0.29, 0.717) is 17.5 Å². The van der Waals surface area contributed by atoms with Gasteiger partial charge in [0.1, 0.15) is 11.2 Å². The van der Waals surface area contributed by atoms with E-state index >= 15 is 0 Å². The first-order valence-electron chi connectivity index (χ1n) is 15.8. The molecule has 0 radical (unpaired) electrons. The summed E-state index contributed by atoms with van der Waals surface area (Å²) in [6, 6.07) is 52.6. The predicted octanol–water partition coefficient (Wildman–Crippen LogP) is 11.3. The van der Waals surface area contributed by atoms with Gasteiger partial charge in [-0.2, -0.15) is 0 Å². The summed E-state index contributed by atoms with van der Waals surface area (Å²) in [6.07, 6.45) is 0. The highest BCUT2D eigenvalue weighted by Gasteiger charge is 2.21. The summed E-state index contributed by atoms with van der Waals surface area (Å²) in [5.74, 6) is 1.93.